The van der Waals surface area contributed by atoms with Crippen molar-refractivity contribution in [2.75, 3.05) is 12.0 Å². The highest BCUT2D eigenvalue weighted by atomic mass is 16.5. The number of ether oxygens (including phenoxy) is 1. The van der Waals surface area contributed by atoms with E-state index in [4.69, 9.17) is 10.6 Å². The topological polar surface area (TPSA) is 73.1 Å². The average molecular weight is 242 g/mol. The van der Waals surface area contributed by atoms with Crippen LogP contribution in [0, 0.1) is 6.92 Å². The van der Waals surface area contributed by atoms with E-state index >= 15 is 0 Å². The number of hydrogen-bond donors (Lipinski definition) is 2. The third-order valence-electron chi connectivity index (χ3n) is 2.97. The molecule has 2 aromatic rings. The number of anilines is 1. The lowest BCUT2D eigenvalue weighted by molar-refractivity contribution is 0.357. The number of aryl methyl sites for hydroxylation is 1. The Balaban J connectivity index is 2.06. The Morgan fingerprint density at radius 3 is 3.00 bits per heavy atom. The minimum absolute atomic E-state index is 0.432. The second-order valence-corrected chi connectivity index (χ2v) is 4.28. The summed E-state index contributed by atoms with van der Waals surface area (Å²) in [5, 5.41) is 0. The van der Waals surface area contributed by atoms with E-state index in [2.05, 4.69) is 21.5 Å². The number of hydrazine groups is 1. The van der Waals surface area contributed by atoms with Gasteiger partial charge in [-0.05, 0) is 36.8 Å². The molecule has 2 heterocycles. The maximum absolute atomic E-state index is 5.49. The normalized spacial score (nSPS) is 13.0. The molecule has 0 aliphatic carbocycles. The number of fused-ring (bicyclic) bond motifs is 1. The predicted octanol–water partition coefficient (Wildman–Crippen LogP) is 1.67. The Hall–Kier alpha value is -2.14. The monoisotopic (exact) mass is 242 g/mol. The van der Waals surface area contributed by atoms with Crippen LogP contribution in [0.15, 0.2) is 24.3 Å². The molecule has 0 saturated carbocycles. The van der Waals surface area contributed by atoms with Gasteiger partial charge in [0.2, 0.25) is 5.95 Å². The van der Waals surface area contributed by atoms with Gasteiger partial charge in [0.1, 0.15) is 5.75 Å². The van der Waals surface area contributed by atoms with Crippen molar-refractivity contribution in [3.63, 3.8) is 0 Å². The zero-order chi connectivity index (χ0) is 12.5. The van der Waals surface area contributed by atoms with Gasteiger partial charge in [0.05, 0.1) is 12.3 Å². The Morgan fingerprint density at radius 1 is 1.28 bits per heavy atom. The molecule has 0 spiro atoms. The van der Waals surface area contributed by atoms with Crippen molar-refractivity contribution in [1.29, 1.82) is 0 Å². The lowest BCUT2D eigenvalue weighted by Gasteiger charge is -2.06. The highest BCUT2D eigenvalue weighted by molar-refractivity contribution is 5.64. The van der Waals surface area contributed by atoms with Crippen molar-refractivity contribution >= 4 is 5.95 Å². The molecule has 92 valence electrons. The zero-order valence-electron chi connectivity index (χ0n) is 10.1. The molecule has 0 radical (unpaired) electrons. The van der Waals surface area contributed by atoms with E-state index in [9.17, 15) is 0 Å². The molecular weight excluding hydrogens is 228 g/mol. The van der Waals surface area contributed by atoms with Gasteiger partial charge in [0, 0.05) is 17.7 Å². The molecule has 1 aliphatic rings. The fourth-order valence-corrected chi connectivity index (χ4v) is 2.13. The molecule has 0 amide bonds. The first-order valence-electron chi connectivity index (χ1n) is 5.84. The summed E-state index contributed by atoms with van der Waals surface area (Å²) in [4.78, 5) is 8.54. The van der Waals surface area contributed by atoms with E-state index in [1.54, 1.807) is 0 Å². The second-order valence-electron chi connectivity index (χ2n) is 4.28. The van der Waals surface area contributed by atoms with E-state index in [0.29, 0.717) is 5.95 Å². The zero-order valence-corrected chi connectivity index (χ0v) is 10.1. The van der Waals surface area contributed by atoms with E-state index in [-0.39, 0.29) is 0 Å². The summed E-state index contributed by atoms with van der Waals surface area (Å²) in [6.45, 7) is 2.68. The number of nitrogens with zero attached hydrogens (tertiary/aromatic N) is 2. The molecule has 5 nitrogen and oxygen atoms in total. The van der Waals surface area contributed by atoms with Crippen molar-refractivity contribution in [1.82, 2.24) is 9.97 Å². The molecule has 0 fully saturated rings. The van der Waals surface area contributed by atoms with Crippen LogP contribution >= 0.6 is 0 Å². The Bertz CT molecular complexity index is 598. The van der Waals surface area contributed by atoms with Crippen LogP contribution < -0.4 is 16.0 Å². The molecule has 0 saturated heterocycles. The van der Waals surface area contributed by atoms with Crippen molar-refractivity contribution < 1.29 is 4.74 Å². The van der Waals surface area contributed by atoms with Gasteiger partial charge in [0.15, 0.2) is 0 Å². The lowest BCUT2D eigenvalue weighted by Crippen LogP contribution is -2.11. The molecule has 1 aromatic heterocycles. The van der Waals surface area contributed by atoms with E-state index in [0.717, 1.165) is 35.7 Å². The van der Waals surface area contributed by atoms with E-state index in [1.807, 2.05) is 25.1 Å². The fraction of sp³-hybridized carbons (Fsp3) is 0.231. The van der Waals surface area contributed by atoms with Gasteiger partial charge in [-0.2, -0.15) is 0 Å². The minimum atomic E-state index is 0.432. The van der Waals surface area contributed by atoms with Crippen LogP contribution in [-0.2, 0) is 6.42 Å². The van der Waals surface area contributed by atoms with Gasteiger partial charge >= 0.3 is 0 Å². The SMILES string of the molecule is Cc1cc(-c2ccc3c(c2)CCO3)nc(NN)n1. The maximum atomic E-state index is 5.49. The number of nitrogens with one attached hydrogen (secondary N) is 1. The molecular formula is C13H14N4O. The number of aromatic nitrogens is 2. The molecule has 0 unspecified atom stereocenters. The first kappa shape index (κ1) is 11.0. The van der Waals surface area contributed by atoms with Crippen molar-refractivity contribution in [2.24, 2.45) is 5.84 Å². The number of rotatable bonds is 2. The maximum Gasteiger partial charge on any atom is 0.237 e. The molecule has 3 rings (SSSR count). The second kappa shape index (κ2) is 4.27. The van der Waals surface area contributed by atoms with Crippen molar-refractivity contribution in [3.05, 3.63) is 35.5 Å². The third kappa shape index (κ3) is 1.89. The summed E-state index contributed by atoms with van der Waals surface area (Å²) in [7, 11) is 0. The highest BCUT2D eigenvalue weighted by Crippen LogP contribution is 2.30. The van der Waals surface area contributed by atoms with Crippen LogP contribution in [0.25, 0.3) is 11.3 Å². The van der Waals surface area contributed by atoms with Gasteiger partial charge in [-0.15, -0.1) is 0 Å². The Morgan fingerprint density at radius 2 is 2.17 bits per heavy atom. The predicted molar refractivity (Wildman–Crippen MR) is 69.2 cm³/mol. The van der Waals surface area contributed by atoms with Gasteiger partial charge in [-0.3, -0.25) is 5.43 Å². The molecule has 5 heteroatoms. The summed E-state index contributed by atoms with van der Waals surface area (Å²) in [5.74, 6) is 6.77. The van der Waals surface area contributed by atoms with Crippen LogP contribution in [0.2, 0.25) is 0 Å². The van der Waals surface area contributed by atoms with Crippen LogP contribution in [0.1, 0.15) is 11.3 Å². The Kier molecular flexibility index (Phi) is 2.60. The molecule has 18 heavy (non-hydrogen) atoms. The van der Waals surface area contributed by atoms with Crippen LogP contribution in [-0.4, -0.2) is 16.6 Å². The standard InChI is InChI=1S/C13H14N4O/c1-8-6-11(16-13(15-8)17-14)9-2-3-12-10(7-9)4-5-18-12/h2-3,6-7H,4-5,14H2,1H3,(H,15,16,17). The quantitative estimate of drug-likeness (QED) is 0.619. The minimum Gasteiger partial charge on any atom is -0.493 e. The molecule has 1 aromatic carbocycles. The summed E-state index contributed by atoms with van der Waals surface area (Å²) in [6.07, 6.45) is 0.954. The van der Waals surface area contributed by atoms with Gasteiger partial charge in [0.25, 0.3) is 0 Å². The molecule has 1 aliphatic heterocycles. The first-order chi connectivity index (χ1) is 8.76. The molecule has 3 N–H and O–H groups in total. The highest BCUT2D eigenvalue weighted by Gasteiger charge is 2.13. The third-order valence-corrected chi connectivity index (χ3v) is 2.97. The number of nitrogen functional groups attached to an aromatic ring is 1. The number of benzene rings is 1. The first-order valence-corrected chi connectivity index (χ1v) is 5.84. The van der Waals surface area contributed by atoms with Crippen molar-refractivity contribution in [3.8, 4) is 17.0 Å². The largest absolute Gasteiger partial charge is 0.493 e. The number of hydrogen-bond acceptors (Lipinski definition) is 5. The van der Waals surface area contributed by atoms with E-state index in [1.165, 1.54) is 5.56 Å². The fourth-order valence-electron chi connectivity index (χ4n) is 2.13. The lowest BCUT2D eigenvalue weighted by atomic mass is 10.1. The van der Waals surface area contributed by atoms with Gasteiger partial charge in [-0.25, -0.2) is 15.8 Å². The van der Waals surface area contributed by atoms with E-state index < -0.39 is 0 Å². The van der Waals surface area contributed by atoms with Crippen LogP contribution in [0.3, 0.4) is 0 Å². The van der Waals surface area contributed by atoms with Gasteiger partial charge in [-0.1, -0.05) is 0 Å². The Labute approximate surface area is 105 Å². The smallest absolute Gasteiger partial charge is 0.237 e. The van der Waals surface area contributed by atoms with Gasteiger partial charge < -0.3 is 4.74 Å². The molecule has 0 atom stereocenters. The summed E-state index contributed by atoms with van der Waals surface area (Å²) < 4.78 is 5.49. The molecule has 0 bridgehead atoms. The average Bonchev–Trinajstić information content (AvgIpc) is 2.85. The summed E-state index contributed by atoms with van der Waals surface area (Å²) in [6, 6.07) is 8.06. The summed E-state index contributed by atoms with van der Waals surface area (Å²) >= 11 is 0. The van der Waals surface area contributed by atoms with Crippen LogP contribution in [0.4, 0.5) is 5.95 Å². The summed E-state index contributed by atoms with van der Waals surface area (Å²) in [5.41, 5.74) is 6.51. The van der Waals surface area contributed by atoms with Crippen LogP contribution in [0.5, 0.6) is 5.75 Å². The number of nitrogens with two attached hydrogens (primary N) is 1. The van der Waals surface area contributed by atoms with Crippen molar-refractivity contribution in [2.45, 2.75) is 13.3 Å².